The molecular formula is C15H16N4OS. The van der Waals surface area contributed by atoms with Gasteiger partial charge in [-0.2, -0.15) is 0 Å². The number of imidazole rings is 1. The van der Waals surface area contributed by atoms with E-state index in [2.05, 4.69) is 26.2 Å². The fourth-order valence-corrected chi connectivity index (χ4v) is 2.94. The van der Waals surface area contributed by atoms with Gasteiger partial charge in [-0.05, 0) is 31.2 Å². The van der Waals surface area contributed by atoms with Gasteiger partial charge in [0, 0.05) is 42.5 Å². The highest BCUT2D eigenvalue weighted by molar-refractivity contribution is 8.00. The van der Waals surface area contributed by atoms with Crippen molar-refractivity contribution in [2.75, 3.05) is 11.8 Å². The highest BCUT2D eigenvalue weighted by Crippen LogP contribution is 2.32. The Morgan fingerprint density at radius 3 is 2.95 bits per heavy atom. The number of hydrogen-bond acceptors (Lipinski definition) is 5. The Morgan fingerprint density at radius 2 is 2.14 bits per heavy atom. The fraction of sp³-hybridized carbons (Fsp3) is 0.200. The third-order valence-corrected chi connectivity index (χ3v) is 4.06. The summed E-state index contributed by atoms with van der Waals surface area (Å²) in [5, 5.41) is 1.92. The predicted molar refractivity (Wildman–Crippen MR) is 85.7 cm³/mol. The van der Waals surface area contributed by atoms with Crippen LogP contribution in [0, 0.1) is 0 Å². The third-order valence-electron chi connectivity index (χ3n) is 3.22. The molecule has 1 aromatic carbocycles. The highest BCUT2D eigenvalue weighted by atomic mass is 32.2. The summed E-state index contributed by atoms with van der Waals surface area (Å²) >= 11 is 1.48. The van der Waals surface area contributed by atoms with Crippen LogP contribution in [0.2, 0.25) is 0 Å². The number of methoxy groups -OCH3 is 1. The first-order valence-corrected chi connectivity index (χ1v) is 7.51. The summed E-state index contributed by atoms with van der Waals surface area (Å²) in [5.74, 6) is 0.823. The predicted octanol–water partition coefficient (Wildman–Crippen LogP) is 3.58. The minimum absolute atomic E-state index is 0.823. The molecule has 0 unspecified atom stereocenters. The molecule has 0 aliphatic heterocycles. The topological polar surface area (TPSA) is 52.0 Å². The number of rotatable bonds is 5. The molecule has 0 spiro atoms. The Kier molecular flexibility index (Phi) is 3.96. The zero-order chi connectivity index (χ0) is 14.7. The molecule has 2 aromatic heterocycles. The van der Waals surface area contributed by atoms with Crippen LogP contribution in [0.1, 0.15) is 6.92 Å². The Labute approximate surface area is 127 Å². The summed E-state index contributed by atoms with van der Waals surface area (Å²) in [7, 11) is 1.67. The van der Waals surface area contributed by atoms with Crippen molar-refractivity contribution >= 4 is 28.5 Å². The first-order valence-electron chi connectivity index (χ1n) is 6.69. The van der Waals surface area contributed by atoms with Crippen LogP contribution in [0.15, 0.2) is 48.0 Å². The second kappa shape index (κ2) is 6.05. The van der Waals surface area contributed by atoms with Gasteiger partial charge in [0.25, 0.3) is 0 Å². The van der Waals surface area contributed by atoms with Crippen molar-refractivity contribution in [3.63, 3.8) is 0 Å². The van der Waals surface area contributed by atoms with Crippen molar-refractivity contribution < 1.29 is 4.74 Å². The summed E-state index contributed by atoms with van der Waals surface area (Å²) in [6.07, 6.45) is 5.55. The summed E-state index contributed by atoms with van der Waals surface area (Å²) in [6.45, 7) is 2.99. The molecule has 21 heavy (non-hydrogen) atoms. The molecule has 0 fully saturated rings. The molecule has 2 heterocycles. The molecule has 1 N–H and O–H groups in total. The van der Waals surface area contributed by atoms with E-state index in [9.17, 15) is 0 Å². The molecule has 0 saturated heterocycles. The molecule has 0 bridgehead atoms. The Morgan fingerprint density at radius 1 is 1.24 bits per heavy atom. The summed E-state index contributed by atoms with van der Waals surface area (Å²) in [6, 6.07) is 7.83. The fourth-order valence-electron chi connectivity index (χ4n) is 2.15. The molecule has 0 aliphatic carbocycles. The zero-order valence-corrected chi connectivity index (χ0v) is 12.7. The lowest BCUT2D eigenvalue weighted by molar-refractivity contribution is 0.420. The SMILES string of the molecule is CCn1ccnc1SNc1ccc(OC)c2cccnc12. The lowest BCUT2D eigenvalue weighted by Gasteiger charge is -2.11. The number of nitrogens with one attached hydrogen (secondary N) is 1. The van der Waals surface area contributed by atoms with Gasteiger partial charge in [0.05, 0.1) is 18.3 Å². The van der Waals surface area contributed by atoms with Crippen molar-refractivity contribution in [3.8, 4) is 5.75 Å². The smallest absolute Gasteiger partial charge is 0.188 e. The number of benzene rings is 1. The second-order valence-electron chi connectivity index (χ2n) is 4.41. The van der Waals surface area contributed by atoms with Gasteiger partial charge >= 0.3 is 0 Å². The maximum Gasteiger partial charge on any atom is 0.188 e. The van der Waals surface area contributed by atoms with Crippen LogP contribution in [0.5, 0.6) is 5.75 Å². The first kappa shape index (κ1) is 13.8. The highest BCUT2D eigenvalue weighted by Gasteiger charge is 2.09. The van der Waals surface area contributed by atoms with E-state index in [1.807, 2.05) is 30.5 Å². The number of anilines is 1. The van der Waals surface area contributed by atoms with Crippen molar-refractivity contribution in [2.24, 2.45) is 0 Å². The lowest BCUT2D eigenvalue weighted by atomic mass is 10.2. The van der Waals surface area contributed by atoms with E-state index in [4.69, 9.17) is 4.74 Å². The van der Waals surface area contributed by atoms with Crippen LogP contribution in [0.25, 0.3) is 10.9 Å². The maximum atomic E-state index is 5.38. The number of aryl methyl sites for hydroxylation is 1. The van der Waals surface area contributed by atoms with Crippen LogP contribution < -0.4 is 9.46 Å². The van der Waals surface area contributed by atoms with Crippen molar-refractivity contribution in [3.05, 3.63) is 42.9 Å². The monoisotopic (exact) mass is 300 g/mol. The number of aromatic nitrogens is 3. The van der Waals surface area contributed by atoms with Crippen LogP contribution >= 0.6 is 11.9 Å². The van der Waals surface area contributed by atoms with Crippen LogP contribution in [0.3, 0.4) is 0 Å². The first-order chi connectivity index (χ1) is 10.3. The average Bonchev–Trinajstić information content (AvgIpc) is 3.00. The Hall–Kier alpha value is -2.21. The molecule has 0 atom stereocenters. The van der Waals surface area contributed by atoms with Gasteiger partial charge in [-0.25, -0.2) is 4.98 Å². The van der Waals surface area contributed by atoms with E-state index >= 15 is 0 Å². The maximum absolute atomic E-state index is 5.38. The van der Waals surface area contributed by atoms with E-state index in [0.717, 1.165) is 34.0 Å². The van der Waals surface area contributed by atoms with Gasteiger partial charge in [-0.1, -0.05) is 0 Å². The van der Waals surface area contributed by atoms with E-state index in [-0.39, 0.29) is 0 Å². The molecule has 0 saturated carbocycles. The zero-order valence-electron chi connectivity index (χ0n) is 11.9. The van der Waals surface area contributed by atoms with E-state index in [0.29, 0.717) is 0 Å². The normalized spacial score (nSPS) is 10.8. The number of nitrogens with zero attached hydrogens (tertiary/aromatic N) is 3. The molecule has 5 nitrogen and oxygen atoms in total. The Bertz CT molecular complexity index is 756. The number of fused-ring (bicyclic) bond motifs is 1. The number of hydrogen-bond donors (Lipinski definition) is 1. The number of ether oxygens (including phenoxy) is 1. The van der Waals surface area contributed by atoms with Gasteiger partial charge < -0.3 is 14.0 Å². The van der Waals surface area contributed by atoms with Gasteiger partial charge in [0.15, 0.2) is 5.16 Å². The summed E-state index contributed by atoms with van der Waals surface area (Å²) in [4.78, 5) is 8.78. The standard InChI is InChI=1S/C15H16N4OS/c1-3-19-10-9-17-15(19)21-18-12-6-7-13(20-2)11-5-4-8-16-14(11)12/h4-10,18H,3H2,1-2H3. The van der Waals surface area contributed by atoms with Crippen LogP contribution in [-0.4, -0.2) is 21.6 Å². The molecule has 3 rings (SSSR count). The van der Waals surface area contributed by atoms with Crippen LogP contribution in [0.4, 0.5) is 5.69 Å². The third kappa shape index (κ3) is 2.67. The lowest BCUT2D eigenvalue weighted by Crippen LogP contribution is -1.98. The van der Waals surface area contributed by atoms with Gasteiger partial charge in [0.2, 0.25) is 0 Å². The Balaban J connectivity index is 1.91. The molecule has 0 aliphatic rings. The molecule has 0 radical (unpaired) electrons. The van der Waals surface area contributed by atoms with Gasteiger partial charge in [-0.3, -0.25) is 4.98 Å². The number of pyridine rings is 1. The van der Waals surface area contributed by atoms with E-state index in [1.54, 1.807) is 19.5 Å². The van der Waals surface area contributed by atoms with Gasteiger partial charge in [-0.15, -0.1) is 0 Å². The molecule has 3 aromatic rings. The molecule has 6 heteroatoms. The molecule has 108 valence electrons. The molecule has 0 amide bonds. The van der Waals surface area contributed by atoms with E-state index < -0.39 is 0 Å². The second-order valence-corrected chi connectivity index (χ2v) is 5.19. The summed E-state index contributed by atoms with van der Waals surface area (Å²) in [5.41, 5.74) is 1.83. The minimum Gasteiger partial charge on any atom is -0.496 e. The van der Waals surface area contributed by atoms with Crippen molar-refractivity contribution in [2.45, 2.75) is 18.6 Å². The average molecular weight is 300 g/mol. The largest absolute Gasteiger partial charge is 0.496 e. The van der Waals surface area contributed by atoms with Crippen molar-refractivity contribution in [1.29, 1.82) is 0 Å². The van der Waals surface area contributed by atoms with E-state index in [1.165, 1.54) is 11.9 Å². The van der Waals surface area contributed by atoms with Crippen molar-refractivity contribution in [1.82, 2.24) is 14.5 Å². The summed E-state index contributed by atoms with van der Waals surface area (Å²) < 4.78 is 10.8. The molecular weight excluding hydrogens is 284 g/mol. The van der Waals surface area contributed by atoms with Crippen LogP contribution in [-0.2, 0) is 6.54 Å². The quantitative estimate of drug-likeness (QED) is 0.730. The van der Waals surface area contributed by atoms with Gasteiger partial charge in [0.1, 0.15) is 5.75 Å². The minimum atomic E-state index is 0.823.